The molecule has 0 heterocycles. The Morgan fingerprint density at radius 3 is 2.04 bits per heavy atom. The zero-order valence-electron chi connectivity index (χ0n) is 16.2. The van der Waals surface area contributed by atoms with Gasteiger partial charge in [0.1, 0.15) is 11.3 Å². The standard InChI is InChI=1S/C22H30O4/c1-15(2)7-5-8-16(3)9-6-10-17(4)11-12-18-13-20(24)22(26)19(14-23)21(18)25/h7,9,11,13-14,24-26H,5-6,8,10,12H2,1-4H3/b16-9+,17-11+. The molecule has 0 fully saturated rings. The van der Waals surface area contributed by atoms with Crippen molar-refractivity contribution in [3.8, 4) is 17.2 Å². The molecule has 26 heavy (non-hydrogen) atoms. The van der Waals surface area contributed by atoms with Crippen molar-refractivity contribution in [2.24, 2.45) is 0 Å². The van der Waals surface area contributed by atoms with E-state index in [1.165, 1.54) is 17.2 Å². The van der Waals surface area contributed by atoms with Crippen molar-refractivity contribution in [2.45, 2.75) is 59.8 Å². The minimum Gasteiger partial charge on any atom is -0.507 e. The third-order valence-corrected chi connectivity index (χ3v) is 4.28. The van der Waals surface area contributed by atoms with E-state index in [4.69, 9.17) is 0 Å². The van der Waals surface area contributed by atoms with Crippen LogP contribution in [-0.4, -0.2) is 21.6 Å². The summed E-state index contributed by atoms with van der Waals surface area (Å²) in [7, 11) is 0. The summed E-state index contributed by atoms with van der Waals surface area (Å²) in [6, 6.07) is 1.29. The Balaban J connectivity index is 2.63. The number of allylic oxidation sites excluding steroid dienone is 6. The van der Waals surface area contributed by atoms with Gasteiger partial charge in [-0.25, -0.2) is 0 Å². The third kappa shape index (κ3) is 6.79. The van der Waals surface area contributed by atoms with Crippen LogP contribution < -0.4 is 0 Å². The summed E-state index contributed by atoms with van der Waals surface area (Å²) in [6.07, 6.45) is 11.2. The summed E-state index contributed by atoms with van der Waals surface area (Å²) in [4.78, 5) is 11.0. The van der Waals surface area contributed by atoms with Gasteiger partial charge in [0.2, 0.25) is 0 Å². The van der Waals surface area contributed by atoms with E-state index in [0.29, 0.717) is 18.3 Å². The van der Waals surface area contributed by atoms with Crippen LogP contribution in [0.15, 0.2) is 41.0 Å². The van der Waals surface area contributed by atoms with E-state index in [2.05, 4.69) is 32.9 Å². The first-order valence-electron chi connectivity index (χ1n) is 8.92. The lowest BCUT2D eigenvalue weighted by Gasteiger charge is -2.09. The topological polar surface area (TPSA) is 77.8 Å². The molecule has 0 aliphatic rings. The molecular formula is C22H30O4. The Morgan fingerprint density at radius 2 is 1.46 bits per heavy atom. The molecule has 4 heteroatoms. The molecule has 0 bridgehead atoms. The van der Waals surface area contributed by atoms with Crippen LogP contribution in [0.4, 0.5) is 0 Å². The summed E-state index contributed by atoms with van der Waals surface area (Å²) >= 11 is 0. The fourth-order valence-electron chi connectivity index (χ4n) is 2.62. The molecule has 0 saturated heterocycles. The second kappa shape index (κ2) is 10.5. The highest BCUT2D eigenvalue weighted by atomic mass is 16.3. The molecule has 0 spiro atoms. The summed E-state index contributed by atoms with van der Waals surface area (Å²) in [5.74, 6) is -1.27. The Morgan fingerprint density at radius 1 is 0.885 bits per heavy atom. The minimum absolute atomic E-state index is 0.277. The smallest absolute Gasteiger partial charge is 0.171 e. The third-order valence-electron chi connectivity index (χ3n) is 4.28. The molecule has 0 aromatic heterocycles. The maximum absolute atomic E-state index is 11.0. The summed E-state index contributed by atoms with van der Waals surface area (Å²) < 4.78 is 0. The van der Waals surface area contributed by atoms with Gasteiger partial charge in [0, 0.05) is 5.56 Å². The minimum atomic E-state index is -0.587. The molecule has 0 amide bonds. The average Bonchev–Trinajstić information content (AvgIpc) is 2.57. The molecule has 4 nitrogen and oxygen atoms in total. The number of phenolic OH excluding ortho intramolecular Hbond substituents is 3. The van der Waals surface area contributed by atoms with Crippen molar-refractivity contribution in [3.05, 3.63) is 52.1 Å². The first-order valence-corrected chi connectivity index (χ1v) is 8.92. The number of hydrogen-bond donors (Lipinski definition) is 3. The van der Waals surface area contributed by atoms with Crippen LogP contribution in [0.1, 0.15) is 69.3 Å². The van der Waals surface area contributed by atoms with Gasteiger partial charge in [0.05, 0.1) is 0 Å². The molecular weight excluding hydrogens is 328 g/mol. The van der Waals surface area contributed by atoms with Crippen molar-refractivity contribution in [1.29, 1.82) is 0 Å². The van der Waals surface area contributed by atoms with Crippen molar-refractivity contribution < 1.29 is 20.1 Å². The predicted octanol–water partition coefficient (Wildman–Crippen LogP) is 5.58. The van der Waals surface area contributed by atoms with Gasteiger partial charge in [0.25, 0.3) is 0 Å². The Labute approximate surface area is 156 Å². The van der Waals surface area contributed by atoms with Gasteiger partial charge in [-0.1, -0.05) is 34.9 Å². The first kappa shape index (κ1) is 21.6. The van der Waals surface area contributed by atoms with Gasteiger partial charge in [-0.15, -0.1) is 0 Å². The lowest BCUT2D eigenvalue weighted by atomic mass is 10.0. The van der Waals surface area contributed by atoms with Crippen LogP contribution in [0.2, 0.25) is 0 Å². The van der Waals surface area contributed by atoms with E-state index in [1.54, 1.807) is 0 Å². The molecule has 0 aliphatic heterocycles. The van der Waals surface area contributed by atoms with Crippen molar-refractivity contribution >= 4 is 6.29 Å². The number of carbonyl (C=O) groups is 1. The molecule has 0 atom stereocenters. The SMILES string of the molecule is CC(C)=CCC/C(C)=C/CC/C(C)=C/Cc1cc(O)c(O)c(C=O)c1O. The Bertz CT molecular complexity index is 720. The fraction of sp³-hybridized carbons (Fsp3) is 0.409. The van der Waals surface area contributed by atoms with E-state index < -0.39 is 11.5 Å². The molecule has 142 valence electrons. The second-order valence-corrected chi connectivity index (χ2v) is 6.95. The van der Waals surface area contributed by atoms with Crippen LogP contribution in [0.5, 0.6) is 17.2 Å². The highest BCUT2D eigenvalue weighted by Crippen LogP contribution is 2.37. The van der Waals surface area contributed by atoms with Gasteiger partial charge in [-0.2, -0.15) is 0 Å². The Kier molecular flexibility index (Phi) is 8.70. The van der Waals surface area contributed by atoms with E-state index in [-0.39, 0.29) is 11.3 Å². The lowest BCUT2D eigenvalue weighted by Crippen LogP contribution is -1.91. The largest absolute Gasteiger partial charge is 0.507 e. The quantitative estimate of drug-likeness (QED) is 0.233. The van der Waals surface area contributed by atoms with Crippen molar-refractivity contribution in [2.75, 3.05) is 0 Å². The van der Waals surface area contributed by atoms with Gasteiger partial charge < -0.3 is 15.3 Å². The van der Waals surface area contributed by atoms with E-state index in [1.807, 2.05) is 13.0 Å². The number of carbonyl (C=O) groups excluding carboxylic acids is 1. The predicted molar refractivity (Wildman–Crippen MR) is 106 cm³/mol. The maximum Gasteiger partial charge on any atom is 0.171 e. The van der Waals surface area contributed by atoms with Gasteiger partial charge >= 0.3 is 0 Å². The zero-order chi connectivity index (χ0) is 19.7. The molecule has 0 unspecified atom stereocenters. The number of hydrogen-bond acceptors (Lipinski definition) is 4. The molecule has 0 saturated carbocycles. The lowest BCUT2D eigenvalue weighted by molar-refractivity contribution is 0.111. The molecule has 1 rings (SSSR count). The van der Waals surface area contributed by atoms with Crippen LogP contribution in [0, 0.1) is 0 Å². The highest BCUT2D eigenvalue weighted by Gasteiger charge is 2.15. The van der Waals surface area contributed by atoms with Crippen molar-refractivity contribution in [3.63, 3.8) is 0 Å². The van der Waals surface area contributed by atoms with E-state index in [9.17, 15) is 20.1 Å². The molecule has 0 radical (unpaired) electrons. The number of aromatic hydroxyl groups is 3. The Hall–Kier alpha value is -2.49. The highest BCUT2D eigenvalue weighted by molar-refractivity contribution is 5.86. The molecule has 3 N–H and O–H groups in total. The van der Waals surface area contributed by atoms with Crippen LogP contribution in [-0.2, 0) is 6.42 Å². The number of benzene rings is 1. The van der Waals surface area contributed by atoms with E-state index in [0.717, 1.165) is 31.3 Å². The normalized spacial score (nSPS) is 12.2. The van der Waals surface area contributed by atoms with Gasteiger partial charge in [-0.05, 0) is 65.9 Å². The molecule has 1 aromatic carbocycles. The molecule has 0 aliphatic carbocycles. The van der Waals surface area contributed by atoms with Crippen LogP contribution >= 0.6 is 0 Å². The van der Waals surface area contributed by atoms with Gasteiger partial charge in [-0.3, -0.25) is 4.79 Å². The number of aldehydes is 1. The summed E-state index contributed by atoms with van der Waals surface area (Å²) in [5, 5.41) is 29.3. The monoisotopic (exact) mass is 358 g/mol. The zero-order valence-corrected chi connectivity index (χ0v) is 16.2. The van der Waals surface area contributed by atoms with E-state index >= 15 is 0 Å². The first-order chi connectivity index (χ1) is 12.3. The van der Waals surface area contributed by atoms with Crippen LogP contribution in [0.25, 0.3) is 0 Å². The fourth-order valence-corrected chi connectivity index (χ4v) is 2.62. The summed E-state index contributed by atoms with van der Waals surface area (Å²) in [6.45, 7) is 8.38. The summed E-state index contributed by atoms with van der Waals surface area (Å²) in [5.41, 5.74) is 4.03. The number of phenols is 3. The van der Waals surface area contributed by atoms with Crippen LogP contribution in [0.3, 0.4) is 0 Å². The van der Waals surface area contributed by atoms with Gasteiger partial charge in [0.15, 0.2) is 17.8 Å². The molecule has 1 aromatic rings. The average molecular weight is 358 g/mol. The van der Waals surface area contributed by atoms with Crippen molar-refractivity contribution in [1.82, 2.24) is 0 Å². The number of rotatable bonds is 9. The second-order valence-electron chi connectivity index (χ2n) is 6.95. The maximum atomic E-state index is 11.0.